The van der Waals surface area contributed by atoms with Crippen LogP contribution < -0.4 is 5.32 Å². The summed E-state index contributed by atoms with van der Waals surface area (Å²) in [7, 11) is 0. The molecule has 1 amide bonds. The first-order valence-electron chi connectivity index (χ1n) is 8.39. The van der Waals surface area contributed by atoms with Crippen LogP contribution in [0.5, 0.6) is 0 Å². The van der Waals surface area contributed by atoms with Gasteiger partial charge in [-0.25, -0.2) is 0 Å². The Labute approximate surface area is 132 Å². The molecule has 2 N–H and O–H groups in total. The molecule has 0 unspecified atom stereocenters. The van der Waals surface area contributed by atoms with Crippen molar-refractivity contribution in [2.75, 3.05) is 18.4 Å². The summed E-state index contributed by atoms with van der Waals surface area (Å²) >= 11 is 0. The highest BCUT2D eigenvalue weighted by Crippen LogP contribution is 2.32. The third kappa shape index (κ3) is 3.50. The SMILES string of the molecule is CC(=O)Nc1cccc2c1CCN(CC1(O)CCCCC1)C2. The van der Waals surface area contributed by atoms with Crippen molar-refractivity contribution in [2.24, 2.45) is 0 Å². The molecule has 1 aromatic carbocycles. The van der Waals surface area contributed by atoms with Crippen molar-refractivity contribution in [3.63, 3.8) is 0 Å². The Morgan fingerprint density at radius 3 is 2.82 bits per heavy atom. The maximum Gasteiger partial charge on any atom is 0.221 e. The molecule has 1 aromatic rings. The molecular formula is C18H26N2O2. The van der Waals surface area contributed by atoms with Gasteiger partial charge in [-0.2, -0.15) is 0 Å². The molecule has 0 bridgehead atoms. The van der Waals surface area contributed by atoms with Crippen LogP contribution in [0.3, 0.4) is 0 Å². The van der Waals surface area contributed by atoms with Crippen molar-refractivity contribution in [2.45, 2.75) is 57.6 Å². The Hall–Kier alpha value is -1.39. The fraction of sp³-hybridized carbons (Fsp3) is 0.611. The molecular weight excluding hydrogens is 276 g/mol. The molecule has 0 saturated heterocycles. The first-order chi connectivity index (χ1) is 10.6. The molecule has 4 nitrogen and oxygen atoms in total. The molecule has 1 aliphatic carbocycles. The predicted molar refractivity (Wildman–Crippen MR) is 87.8 cm³/mol. The van der Waals surface area contributed by atoms with Gasteiger partial charge in [-0.3, -0.25) is 9.69 Å². The van der Waals surface area contributed by atoms with Gasteiger partial charge in [0.2, 0.25) is 5.91 Å². The van der Waals surface area contributed by atoms with E-state index in [4.69, 9.17) is 0 Å². The highest BCUT2D eigenvalue weighted by atomic mass is 16.3. The van der Waals surface area contributed by atoms with E-state index in [-0.39, 0.29) is 5.91 Å². The summed E-state index contributed by atoms with van der Waals surface area (Å²) in [6.45, 7) is 4.14. The number of hydrogen-bond acceptors (Lipinski definition) is 3. The molecule has 0 spiro atoms. The highest BCUT2D eigenvalue weighted by molar-refractivity contribution is 5.89. The molecule has 22 heavy (non-hydrogen) atoms. The lowest BCUT2D eigenvalue weighted by Crippen LogP contribution is -2.46. The largest absolute Gasteiger partial charge is 0.389 e. The normalized spacial score (nSPS) is 21.2. The highest BCUT2D eigenvalue weighted by Gasteiger charge is 2.32. The van der Waals surface area contributed by atoms with Crippen LogP contribution in [0.15, 0.2) is 18.2 Å². The molecule has 2 aliphatic rings. The lowest BCUT2D eigenvalue weighted by atomic mass is 9.84. The van der Waals surface area contributed by atoms with Gasteiger partial charge in [0.05, 0.1) is 5.60 Å². The minimum Gasteiger partial charge on any atom is -0.389 e. The second kappa shape index (κ2) is 6.39. The third-order valence-corrected chi connectivity index (χ3v) is 4.96. The van der Waals surface area contributed by atoms with E-state index in [1.165, 1.54) is 17.5 Å². The molecule has 0 radical (unpaired) electrons. The van der Waals surface area contributed by atoms with Crippen molar-refractivity contribution in [1.82, 2.24) is 4.90 Å². The zero-order valence-electron chi connectivity index (χ0n) is 13.4. The lowest BCUT2D eigenvalue weighted by molar-refractivity contribution is -0.114. The zero-order valence-corrected chi connectivity index (χ0v) is 13.4. The van der Waals surface area contributed by atoms with E-state index in [9.17, 15) is 9.90 Å². The monoisotopic (exact) mass is 302 g/mol. The molecule has 1 saturated carbocycles. The van der Waals surface area contributed by atoms with E-state index in [0.29, 0.717) is 0 Å². The van der Waals surface area contributed by atoms with Crippen LogP contribution in [0.2, 0.25) is 0 Å². The van der Waals surface area contributed by atoms with Gasteiger partial charge in [-0.05, 0) is 36.5 Å². The summed E-state index contributed by atoms with van der Waals surface area (Å²) < 4.78 is 0. The number of β-amino-alcohol motifs (C(OH)–C–C–N with tert-alkyl or cyclic N) is 1. The maximum absolute atomic E-state index is 11.3. The van der Waals surface area contributed by atoms with Crippen molar-refractivity contribution in [1.29, 1.82) is 0 Å². The van der Waals surface area contributed by atoms with Crippen molar-refractivity contribution in [3.05, 3.63) is 29.3 Å². The van der Waals surface area contributed by atoms with Crippen LogP contribution >= 0.6 is 0 Å². The van der Waals surface area contributed by atoms with Crippen LogP contribution in [-0.4, -0.2) is 34.6 Å². The van der Waals surface area contributed by atoms with Gasteiger partial charge in [0.25, 0.3) is 0 Å². The van der Waals surface area contributed by atoms with E-state index >= 15 is 0 Å². The van der Waals surface area contributed by atoms with Crippen molar-refractivity contribution < 1.29 is 9.90 Å². The maximum atomic E-state index is 11.3. The smallest absolute Gasteiger partial charge is 0.221 e. The Kier molecular flexibility index (Phi) is 4.50. The molecule has 3 rings (SSSR count). The van der Waals surface area contributed by atoms with E-state index < -0.39 is 5.60 Å². The fourth-order valence-electron chi connectivity index (χ4n) is 3.89. The van der Waals surface area contributed by atoms with Crippen LogP contribution in [-0.2, 0) is 17.8 Å². The van der Waals surface area contributed by atoms with Crippen LogP contribution in [0, 0.1) is 0 Å². The van der Waals surface area contributed by atoms with E-state index in [0.717, 1.165) is 57.4 Å². The topological polar surface area (TPSA) is 52.6 Å². The number of rotatable bonds is 3. The number of anilines is 1. The molecule has 0 atom stereocenters. The number of carbonyl (C=O) groups excluding carboxylic acids is 1. The van der Waals surface area contributed by atoms with Crippen molar-refractivity contribution >= 4 is 11.6 Å². The Balaban J connectivity index is 1.70. The molecule has 1 aliphatic heterocycles. The number of fused-ring (bicyclic) bond motifs is 1. The average Bonchev–Trinajstić information content (AvgIpc) is 2.47. The fourth-order valence-corrected chi connectivity index (χ4v) is 3.89. The van der Waals surface area contributed by atoms with Gasteiger partial charge >= 0.3 is 0 Å². The van der Waals surface area contributed by atoms with E-state index in [2.05, 4.69) is 16.3 Å². The number of amides is 1. The zero-order chi connectivity index (χ0) is 15.6. The molecule has 120 valence electrons. The number of carbonyl (C=O) groups is 1. The summed E-state index contributed by atoms with van der Waals surface area (Å²) in [6.07, 6.45) is 6.35. The van der Waals surface area contributed by atoms with E-state index in [1.54, 1.807) is 6.92 Å². The number of aliphatic hydroxyl groups is 1. The molecule has 1 fully saturated rings. The summed E-state index contributed by atoms with van der Waals surface area (Å²) in [6, 6.07) is 6.12. The minimum atomic E-state index is -0.495. The van der Waals surface area contributed by atoms with Crippen LogP contribution in [0.25, 0.3) is 0 Å². The van der Waals surface area contributed by atoms with Gasteiger partial charge in [0, 0.05) is 32.2 Å². The second-order valence-electron chi connectivity index (χ2n) is 6.87. The number of hydrogen-bond donors (Lipinski definition) is 2. The first kappa shape index (κ1) is 15.5. The molecule has 4 heteroatoms. The van der Waals surface area contributed by atoms with E-state index in [1.807, 2.05) is 12.1 Å². The molecule has 0 aromatic heterocycles. The van der Waals surface area contributed by atoms with Crippen LogP contribution in [0.1, 0.15) is 50.2 Å². The number of benzene rings is 1. The van der Waals surface area contributed by atoms with Crippen molar-refractivity contribution in [3.8, 4) is 0 Å². The van der Waals surface area contributed by atoms with Gasteiger partial charge < -0.3 is 10.4 Å². The Bertz CT molecular complexity index is 550. The Morgan fingerprint density at radius 2 is 2.09 bits per heavy atom. The standard InChI is InChI=1S/C18H26N2O2/c1-14(21)19-17-7-5-6-15-12-20(11-8-16(15)17)13-18(22)9-3-2-4-10-18/h5-7,22H,2-4,8-13H2,1H3,(H,19,21). The average molecular weight is 302 g/mol. The molecule has 1 heterocycles. The van der Waals surface area contributed by atoms with Gasteiger partial charge in [0.1, 0.15) is 0 Å². The number of nitrogens with one attached hydrogen (secondary N) is 1. The van der Waals surface area contributed by atoms with Gasteiger partial charge in [-0.1, -0.05) is 31.4 Å². The van der Waals surface area contributed by atoms with Gasteiger partial charge in [0.15, 0.2) is 0 Å². The summed E-state index contributed by atoms with van der Waals surface area (Å²) in [4.78, 5) is 13.7. The number of nitrogens with zero attached hydrogens (tertiary/aromatic N) is 1. The summed E-state index contributed by atoms with van der Waals surface area (Å²) in [5, 5.41) is 13.7. The second-order valence-corrected chi connectivity index (χ2v) is 6.87. The Morgan fingerprint density at radius 1 is 1.32 bits per heavy atom. The summed E-state index contributed by atoms with van der Waals surface area (Å²) in [5.41, 5.74) is 2.98. The third-order valence-electron chi connectivity index (χ3n) is 4.96. The lowest BCUT2D eigenvalue weighted by Gasteiger charge is -2.39. The first-order valence-corrected chi connectivity index (χ1v) is 8.39. The predicted octanol–water partition coefficient (Wildman–Crippen LogP) is 2.70. The minimum absolute atomic E-state index is 0.0210. The summed E-state index contributed by atoms with van der Waals surface area (Å²) in [5.74, 6) is -0.0210. The van der Waals surface area contributed by atoms with Crippen LogP contribution in [0.4, 0.5) is 5.69 Å². The quantitative estimate of drug-likeness (QED) is 0.902. The van der Waals surface area contributed by atoms with Gasteiger partial charge in [-0.15, -0.1) is 0 Å².